The quantitative estimate of drug-likeness (QED) is 0.653. The molecule has 0 spiro atoms. The van der Waals surface area contributed by atoms with E-state index in [1.165, 1.54) is 12.0 Å². The summed E-state index contributed by atoms with van der Waals surface area (Å²) in [5.74, 6) is -0.189. The van der Waals surface area contributed by atoms with Crippen molar-refractivity contribution in [3.05, 3.63) is 47.7 Å². The summed E-state index contributed by atoms with van der Waals surface area (Å²) < 4.78 is 5.28. The second-order valence-corrected chi connectivity index (χ2v) is 5.03. The number of methoxy groups -OCH3 is 1. The number of hydrogen-bond acceptors (Lipinski definition) is 3. The number of likely N-dealkylation sites (N-methyl/N-ethyl adjacent to an activating group) is 1. The molecule has 2 rings (SSSR count). The molecule has 5 nitrogen and oxygen atoms in total. The summed E-state index contributed by atoms with van der Waals surface area (Å²) >= 11 is 0. The summed E-state index contributed by atoms with van der Waals surface area (Å²) in [7, 11) is 3.69. The number of hydrogen-bond donors (Lipinski definition) is 3. The highest BCUT2D eigenvalue weighted by Gasteiger charge is 2.20. The van der Waals surface area contributed by atoms with Crippen molar-refractivity contribution in [3.8, 4) is 0 Å². The van der Waals surface area contributed by atoms with Crippen molar-refractivity contribution in [1.82, 2.24) is 10.9 Å². The Labute approximate surface area is 119 Å². The smallest absolute Gasteiger partial charge is 0.272 e. The molecular formula is C15H22N3O2+. The van der Waals surface area contributed by atoms with Gasteiger partial charge in [-0.05, 0) is 11.6 Å². The van der Waals surface area contributed by atoms with E-state index in [0.29, 0.717) is 0 Å². The molecule has 0 saturated carbocycles. The van der Waals surface area contributed by atoms with E-state index in [-0.39, 0.29) is 5.91 Å². The molecule has 1 aliphatic rings. The lowest BCUT2D eigenvalue weighted by Gasteiger charge is -2.22. The highest BCUT2D eigenvalue weighted by atomic mass is 16.5. The van der Waals surface area contributed by atoms with E-state index in [9.17, 15) is 4.79 Å². The zero-order valence-electron chi connectivity index (χ0n) is 12.0. The lowest BCUT2D eigenvalue weighted by atomic mass is 10.1. The van der Waals surface area contributed by atoms with Gasteiger partial charge in [0.25, 0.3) is 5.91 Å². The van der Waals surface area contributed by atoms with Crippen molar-refractivity contribution in [1.29, 1.82) is 0 Å². The molecule has 1 heterocycles. The lowest BCUT2D eigenvalue weighted by Crippen LogP contribution is -3.09. The van der Waals surface area contributed by atoms with Crippen molar-refractivity contribution in [3.63, 3.8) is 0 Å². The van der Waals surface area contributed by atoms with Gasteiger partial charge in [-0.15, -0.1) is 0 Å². The Morgan fingerprint density at radius 1 is 1.35 bits per heavy atom. The lowest BCUT2D eigenvalue weighted by molar-refractivity contribution is -0.875. The fourth-order valence-electron chi connectivity index (χ4n) is 2.19. The summed E-state index contributed by atoms with van der Waals surface area (Å²) in [6.07, 6.45) is 2.46. The first-order valence-electron chi connectivity index (χ1n) is 6.84. The van der Waals surface area contributed by atoms with Crippen LogP contribution in [0.1, 0.15) is 18.1 Å². The molecule has 5 heteroatoms. The van der Waals surface area contributed by atoms with Gasteiger partial charge in [-0.3, -0.25) is 10.2 Å². The summed E-state index contributed by atoms with van der Waals surface area (Å²) in [4.78, 5) is 13.6. The predicted octanol–water partition coefficient (Wildman–Crippen LogP) is -0.203. The number of benzene rings is 1. The molecule has 0 aliphatic carbocycles. The Bertz CT molecular complexity index is 473. The van der Waals surface area contributed by atoms with Gasteiger partial charge in [0.1, 0.15) is 0 Å². The molecule has 1 aliphatic heterocycles. The van der Waals surface area contributed by atoms with Gasteiger partial charge >= 0.3 is 0 Å². The first-order chi connectivity index (χ1) is 9.70. The van der Waals surface area contributed by atoms with Gasteiger partial charge in [-0.2, -0.15) is 0 Å². The third-order valence-corrected chi connectivity index (χ3v) is 3.44. The van der Waals surface area contributed by atoms with Gasteiger partial charge in [-0.25, -0.2) is 0 Å². The van der Waals surface area contributed by atoms with Crippen LogP contribution in [0.4, 0.5) is 0 Å². The second-order valence-electron chi connectivity index (χ2n) is 5.03. The fraction of sp³-hybridized carbons (Fsp3) is 0.400. The van der Waals surface area contributed by atoms with Crippen molar-refractivity contribution in [2.24, 2.45) is 0 Å². The maximum Gasteiger partial charge on any atom is 0.272 e. The fourth-order valence-corrected chi connectivity index (χ4v) is 2.19. The summed E-state index contributed by atoms with van der Waals surface area (Å²) in [6, 6.07) is 9.46. The molecule has 2 unspecified atom stereocenters. The van der Waals surface area contributed by atoms with E-state index in [1.54, 1.807) is 0 Å². The van der Waals surface area contributed by atoms with Crippen LogP contribution in [0.3, 0.4) is 0 Å². The van der Waals surface area contributed by atoms with Crippen LogP contribution in [0.15, 0.2) is 42.1 Å². The molecule has 1 aromatic carbocycles. The molecule has 20 heavy (non-hydrogen) atoms. The van der Waals surface area contributed by atoms with Crippen molar-refractivity contribution < 1.29 is 14.4 Å². The Morgan fingerprint density at radius 3 is 2.70 bits per heavy atom. The van der Waals surface area contributed by atoms with E-state index in [0.717, 1.165) is 30.8 Å². The van der Waals surface area contributed by atoms with Crippen LogP contribution in [0.5, 0.6) is 0 Å². The van der Waals surface area contributed by atoms with Crippen LogP contribution in [-0.4, -0.2) is 33.2 Å². The molecule has 108 valence electrons. The zero-order chi connectivity index (χ0) is 14.4. The average molecular weight is 276 g/mol. The van der Waals surface area contributed by atoms with Gasteiger partial charge in [0.2, 0.25) is 0 Å². The molecule has 0 aromatic heterocycles. The van der Waals surface area contributed by atoms with Crippen molar-refractivity contribution in [2.45, 2.75) is 12.5 Å². The predicted molar refractivity (Wildman–Crippen MR) is 76.8 cm³/mol. The van der Waals surface area contributed by atoms with Crippen molar-refractivity contribution >= 4 is 5.91 Å². The second kappa shape index (κ2) is 7.07. The van der Waals surface area contributed by atoms with Crippen LogP contribution in [0.25, 0.3) is 0 Å². The van der Waals surface area contributed by atoms with E-state index >= 15 is 0 Å². The molecule has 1 aromatic rings. The van der Waals surface area contributed by atoms with E-state index in [2.05, 4.69) is 24.0 Å². The maximum atomic E-state index is 12.2. The van der Waals surface area contributed by atoms with Gasteiger partial charge in [0, 0.05) is 19.2 Å². The zero-order valence-corrected chi connectivity index (χ0v) is 12.0. The van der Waals surface area contributed by atoms with Gasteiger partial charge < -0.3 is 15.1 Å². The number of carbonyl (C=O) groups is 1. The molecule has 0 saturated heterocycles. The first kappa shape index (κ1) is 14.6. The highest BCUT2D eigenvalue weighted by Crippen LogP contribution is 2.15. The Balaban J connectivity index is 1.90. The molecule has 3 N–H and O–H groups in total. The first-order valence-corrected chi connectivity index (χ1v) is 6.84. The summed E-state index contributed by atoms with van der Waals surface area (Å²) in [5.41, 5.74) is 7.63. The number of ether oxygens (including phenoxy) is 1. The topological polar surface area (TPSA) is 54.8 Å². The molecule has 0 radical (unpaired) electrons. The largest absolute Gasteiger partial charge is 0.367 e. The normalized spacial score (nSPS) is 19.9. The maximum absolute atomic E-state index is 12.2. The molecule has 1 amide bonds. The molecular weight excluding hydrogens is 254 g/mol. The van der Waals surface area contributed by atoms with Gasteiger partial charge in [0.05, 0.1) is 20.1 Å². The third-order valence-electron chi connectivity index (χ3n) is 3.44. The van der Waals surface area contributed by atoms with Gasteiger partial charge in [0.15, 0.2) is 6.10 Å². The summed E-state index contributed by atoms with van der Waals surface area (Å²) in [6.45, 7) is 2.05. The number of amides is 1. The molecule has 0 bridgehead atoms. The minimum Gasteiger partial charge on any atom is -0.367 e. The van der Waals surface area contributed by atoms with E-state index in [4.69, 9.17) is 4.74 Å². The highest BCUT2D eigenvalue weighted by molar-refractivity contribution is 5.81. The Kier molecular flexibility index (Phi) is 5.15. The summed E-state index contributed by atoms with van der Waals surface area (Å²) in [5, 5.41) is 0. The van der Waals surface area contributed by atoms with Crippen LogP contribution in [0, 0.1) is 0 Å². The van der Waals surface area contributed by atoms with Crippen LogP contribution in [0.2, 0.25) is 0 Å². The Hall–Kier alpha value is -1.85. The number of nitrogens with one attached hydrogen (secondary N) is 3. The van der Waals surface area contributed by atoms with E-state index < -0.39 is 6.10 Å². The SMILES string of the molecule is COC(C(=O)NNC1=CC[NH+](C)CC1)c1ccccc1. The Morgan fingerprint density at radius 2 is 2.10 bits per heavy atom. The van der Waals surface area contributed by atoms with Crippen LogP contribution < -0.4 is 15.8 Å². The number of hydrazine groups is 1. The standard InChI is InChI=1S/C15H21N3O2/c1-18-10-8-13(9-11-18)16-17-15(19)14(20-2)12-6-4-3-5-7-12/h3-8,14,16H,9-11H2,1-2H3,(H,17,19)/p+1. The number of rotatable bonds is 5. The monoisotopic (exact) mass is 276 g/mol. The molecule has 0 fully saturated rings. The average Bonchev–Trinajstić information content (AvgIpc) is 2.48. The number of quaternary nitrogens is 1. The van der Waals surface area contributed by atoms with E-state index in [1.807, 2.05) is 30.3 Å². The van der Waals surface area contributed by atoms with Gasteiger partial charge in [-0.1, -0.05) is 30.3 Å². The molecule has 2 atom stereocenters. The third kappa shape index (κ3) is 3.82. The number of carbonyl (C=O) groups excluding carboxylic acids is 1. The van der Waals surface area contributed by atoms with Crippen LogP contribution in [-0.2, 0) is 9.53 Å². The minimum absolute atomic E-state index is 0.189. The minimum atomic E-state index is -0.596. The van der Waals surface area contributed by atoms with Crippen molar-refractivity contribution in [2.75, 3.05) is 27.2 Å². The van der Waals surface area contributed by atoms with Crippen LogP contribution >= 0.6 is 0 Å².